The molecule has 0 fully saturated rings. The summed E-state index contributed by atoms with van der Waals surface area (Å²) in [5.41, 5.74) is 1.66. The molecule has 0 saturated heterocycles. The van der Waals surface area contributed by atoms with Crippen LogP contribution in [-0.2, 0) is 18.8 Å². The molecule has 0 saturated carbocycles. The fourth-order valence-corrected chi connectivity index (χ4v) is 10.4. The van der Waals surface area contributed by atoms with Crippen molar-refractivity contribution in [3.63, 3.8) is 0 Å². The van der Waals surface area contributed by atoms with E-state index in [1.165, 1.54) is 6.08 Å². The van der Waals surface area contributed by atoms with Crippen molar-refractivity contribution < 1.29 is 23.5 Å². The Morgan fingerprint density at radius 2 is 1.53 bits per heavy atom. The van der Waals surface area contributed by atoms with E-state index in [-0.39, 0.29) is 18.0 Å². The fourth-order valence-electron chi connectivity index (χ4n) is 4.73. The maximum Gasteiger partial charge on any atom is 0.338 e. The maximum absolute atomic E-state index is 12.6. The molecular formula is C28H44O5Si. The van der Waals surface area contributed by atoms with Crippen molar-refractivity contribution in [1.82, 2.24) is 0 Å². The third-order valence-electron chi connectivity index (χ3n) is 6.44. The monoisotopic (exact) mass is 488 g/mol. The van der Waals surface area contributed by atoms with Gasteiger partial charge in [-0.2, -0.15) is 0 Å². The van der Waals surface area contributed by atoms with Gasteiger partial charge in [-0.15, -0.1) is 0 Å². The second kappa shape index (κ2) is 14.3. The average Bonchev–Trinajstić information content (AvgIpc) is 2.77. The third-order valence-corrected chi connectivity index (χ3v) is 12.6. The second-order valence-corrected chi connectivity index (χ2v) is 15.2. The van der Waals surface area contributed by atoms with Gasteiger partial charge >= 0.3 is 11.9 Å². The first-order chi connectivity index (χ1) is 15.9. The van der Waals surface area contributed by atoms with Crippen LogP contribution in [0.25, 0.3) is 0 Å². The molecule has 0 N–H and O–H groups in total. The van der Waals surface area contributed by atoms with Crippen LogP contribution in [-0.4, -0.2) is 33.0 Å². The predicted octanol–water partition coefficient (Wildman–Crippen LogP) is 7.24. The van der Waals surface area contributed by atoms with Crippen molar-refractivity contribution in [2.45, 2.75) is 91.0 Å². The molecule has 0 bridgehead atoms. The number of carbonyl (C=O) groups is 2. The van der Waals surface area contributed by atoms with E-state index < -0.39 is 14.3 Å². The molecular weight excluding hydrogens is 444 g/mol. The Morgan fingerprint density at radius 1 is 0.971 bits per heavy atom. The summed E-state index contributed by atoms with van der Waals surface area (Å²) in [7, 11) is -2.18. The Hall–Kier alpha value is -2.18. The lowest BCUT2D eigenvalue weighted by Gasteiger charge is -2.45. The molecule has 0 aromatic heterocycles. The highest BCUT2D eigenvalue weighted by Crippen LogP contribution is 2.44. The highest BCUT2D eigenvalue weighted by atomic mass is 28.4. The summed E-state index contributed by atoms with van der Waals surface area (Å²) >= 11 is 0. The zero-order valence-electron chi connectivity index (χ0n) is 22.3. The maximum atomic E-state index is 12.6. The molecule has 2 atom stereocenters. The summed E-state index contributed by atoms with van der Waals surface area (Å²) in [6, 6.07) is 9.00. The molecule has 5 nitrogen and oxygen atoms in total. The predicted molar refractivity (Wildman–Crippen MR) is 141 cm³/mol. The molecule has 0 spiro atoms. The molecule has 0 amide bonds. The van der Waals surface area contributed by atoms with Gasteiger partial charge in [-0.1, -0.05) is 79.3 Å². The van der Waals surface area contributed by atoms with Gasteiger partial charge in [-0.05, 0) is 54.4 Å². The molecule has 0 aliphatic carbocycles. The van der Waals surface area contributed by atoms with E-state index in [1.807, 2.05) is 31.2 Å². The molecule has 0 radical (unpaired) electrons. The number of hydrogen-bond acceptors (Lipinski definition) is 5. The van der Waals surface area contributed by atoms with Crippen molar-refractivity contribution in [3.8, 4) is 5.75 Å². The van der Waals surface area contributed by atoms with E-state index in [0.717, 1.165) is 0 Å². The van der Waals surface area contributed by atoms with Crippen LogP contribution in [0, 0.1) is 5.92 Å². The molecule has 0 aliphatic rings. The zero-order chi connectivity index (χ0) is 25.9. The van der Waals surface area contributed by atoms with Crippen LogP contribution in [0.2, 0.25) is 16.6 Å². The van der Waals surface area contributed by atoms with Gasteiger partial charge in [0.05, 0.1) is 12.7 Å². The molecule has 190 valence electrons. The topological polar surface area (TPSA) is 61.8 Å². The first kappa shape index (κ1) is 29.8. The summed E-state index contributed by atoms with van der Waals surface area (Å²) in [5.74, 6) is -0.327. The average molecular weight is 489 g/mol. The Balaban J connectivity index is 3.07. The fraction of sp³-hybridized carbons (Fsp3) is 0.571. The molecule has 1 rings (SSSR count). The summed E-state index contributed by atoms with van der Waals surface area (Å²) in [5, 5.41) is 0. The van der Waals surface area contributed by atoms with E-state index in [9.17, 15) is 9.59 Å². The minimum Gasteiger partial charge on any atom is -0.463 e. The van der Waals surface area contributed by atoms with Gasteiger partial charge in [0.2, 0.25) is 8.32 Å². The Kier molecular flexibility index (Phi) is 12.5. The summed E-state index contributed by atoms with van der Waals surface area (Å²) < 4.78 is 17.6. The van der Waals surface area contributed by atoms with Crippen LogP contribution < -0.4 is 4.74 Å². The number of carbonyl (C=O) groups excluding carboxylic acids is 2. The second-order valence-electron chi connectivity index (χ2n) is 9.79. The quantitative estimate of drug-likeness (QED) is 0.119. The van der Waals surface area contributed by atoms with Crippen LogP contribution in [0.3, 0.4) is 0 Å². The van der Waals surface area contributed by atoms with Crippen LogP contribution in [0.4, 0.5) is 0 Å². The molecule has 1 aromatic rings. The minimum absolute atomic E-state index is 0.0366. The van der Waals surface area contributed by atoms with Gasteiger partial charge in [-0.3, -0.25) is 0 Å². The minimum atomic E-state index is -2.18. The van der Waals surface area contributed by atoms with Crippen molar-refractivity contribution in [2.24, 2.45) is 5.92 Å². The van der Waals surface area contributed by atoms with Crippen molar-refractivity contribution >= 4 is 20.3 Å². The van der Waals surface area contributed by atoms with Gasteiger partial charge in [0.25, 0.3) is 0 Å². The van der Waals surface area contributed by atoms with Gasteiger partial charge in [0.1, 0.15) is 5.75 Å². The zero-order valence-corrected chi connectivity index (χ0v) is 23.3. The van der Waals surface area contributed by atoms with Crippen molar-refractivity contribution in [2.75, 3.05) is 6.61 Å². The van der Waals surface area contributed by atoms with Crippen LogP contribution in [0.5, 0.6) is 5.75 Å². The van der Waals surface area contributed by atoms with Crippen molar-refractivity contribution in [3.05, 3.63) is 54.6 Å². The standard InChI is InChI=1S/C28H44O5Si/c1-10-31-27(29)19-17-23(8)26(33-34(20(2)3,21(4)5)22(6)7)18-16-24(9)28(30)32-25-14-12-11-13-15-25/h11-15,17,19-23,26H,9-10,16,18H2,1-8H3/b19-17+/t23-,26-/m0/s1. The molecule has 1 aromatic carbocycles. The highest BCUT2D eigenvalue weighted by molar-refractivity contribution is 6.77. The number of benzene rings is 1. The summed E-state index contributed by atoms with van der Waals surface area (Å²) in [6.45, 7) is 21.6. The molecule has 6 heteroatoms. The van der Waals surface area contributed by atoms with Crippen LogP contribution in [0.1, 0.15) is 68.2 Å². The number of esters is 2. The third kappa shape index (κ3) is 8.55. The van der Waals surface area contributed by atoms with E-state index >= 15 is 0 Å². The summed E-state index contributed by atoms with van der Waals surface area (Å²) in [4.78, 5) is 24.5. The van der Waals surface area contributed by atoms with Gasteiger partial charge < -0.3 is 13.9 Å². The Labute approximate surface area is 207 Å². The largest absolute Gasteiger partial charge is 0.463 e. The number of para-hydroxylation sites is 1. The number of hydrogen-bond donors (Lipinski definition) is 0. The van der Waals surface area contributed by atoms with Crippen molar-refractivity contribution in [1.29, 1.82) is 0 Å². The van der Waals surface area contributed by atoms with Crippen LogP contribution >= 0.6 is 0 Å². The van der Waals surface area contributed by atoms with Gasteiger partial charge in [0.15, 0.2) is 0 Å². The Morgan fingerprint density at radius 3 is 2.03 bits per heavy atom. The van der Waals surface area contributed by atoms with Crippen LogP contribution in [0.15, 0.2) is 54.6 Å². The number of rotatable bonds is 14. The smallest absolute Gasteiger partial charge is 0.338 e. The number of ether oxygens (including phenoxy) is 2. The Bertz CT molecular complexity index is 792. The van der Waals surface area contributed by atoms with E-state index in [2.05, 4.69) is 48.1 Å². The lowest BCUT2D eigenvalue weighted by Crippen LogP contribution is -2.51. The highest BCUT2D eigenvalue weighted by Gasteiger charge is 2.47. The SMILES string of the molecule is C=C(CC[C@H](O[Si](C(C)C)(C(C)C)C(C)C)[C@@H](C)/C=C/C(=O)OCC)C(=O)Oc1ccccc1. The van der Waals surface area contributed by atoms with Gasteiger partial charge in [0, 0.05) is 11.6 Å². The molecule has 34 heavy (non-hydrogen) atoms. The van der Waals surface area contributed by atoms with E-state index in [4.69, 9.17) is 13.9 Å². The summed E-state index contributed by atoms with van der Waals surface area (Å²) in [6.07, 6.45) is 4.23. The van der Waals surface area contributed by atoms with E-state index in [1.54, 1.807) is 19.1 Å². The molecule has 0 heterocycles. The lowest BCUT2D eigenvalue weighted by molar-refractivity contribution is -0.137. The normalized spacial score (nSPS) is 14.0. The van der Waals surface area contributed by atoms with Gasteiger partial charge in [-0.25, -0.2) is 9.59 Å². The first-order valence-electron chi connectivity index (χ1n) is 12.4. The first-order valence-corrected chi connectivity index (χ1v) is 14.6. The molecule has 0 unspecified atom stereocenters. The molecule has 0 aliphatic heterocycles. The lowest BCUT2D eigenvalue weighted by atomic mass is 9.98. The van der Waals surface area contributed by atoms with E-state index in [0.29, 0.717) is 47.4 Å².